The topological polar surface area (TPSA) is 59.1 Å². The monoisotopic (exact) mass is 206 g/mol. The highest BCUT2D eigenvalue weighted by atomic mass is 32.2. The Morgan fingerprint density at radius 2 is 2.33 bits per heavy atom. The molecule has 1 heterocycles. The summed E-state index contributed by atoms with van der Waals surface area (Å²) in [5.74, 6) is 0. The van der Waals surface area contributed by atoms with Crippen molar-refractivity contribution in [1.82, 2.24) is 9.71 Å². The molecule has 0 amide bonds. The average Bonchev–Trinajstić information content (AvgIpc) is 2.30. The summed E-state index contributed by atoms with van der Waals surface area (Å²) in [5.41, 5.74) is 0. The summed E-state index contributed by atoms with van der Waals surface area (Å²) in [6.07, 6.45) is 2.86. The molecule has 1 N–H and O–H groups in total. The van der Waals surface area contributed by atoms with Crippen molar-refractivity contribution >= 4 is 21.4 Å². The lowest BCUT2D eigenvalue weighted by molar-refractivity contribution is 0.587. The van der Waals surface area contributed by atoms with Crippen molar-refractivity contribution in [2.24, 2.45) is 0 Å². The SMILES string of the molecule is Cc1cnc(CNS(C)(=O)=O)s1. The van der Waals surface area contributed by atoms with Crippen LogP contribution < -0.4 is 4.72 Å². The molecule has 68 valence electrons. The van der Waals surface area contributed by atoms with Gasteiger partial charge in [-0.25, -0.2) is 18.1 Å². The molecule has 0 saturated carbocycles. The quantitative estimate of drug-likeness (QED) is 0.783. The Morgan fingerprint density at radius 1 is 1.67 bits per heavy atom. The normalized spacial score (nSPS) is 11.8. The molecule has 0 unspecified atom stereocenters. The fraction of sp³-hybridized carbons (Fsp3) is 0.500. The zero-order valence-corrected chi connectivity index (χ0v) is 8.50. The van der Waals surface area contributed by atoms with E-state index in [1.54, 1.807) is 6.20 Å². The van der Waals surface area contributed by atoms with Crippen molar-refractivity contribution in [3.05, 3.63) is 16.1 Å². The van der Waals surface area contributed by atoms with E-state index in [4.69, 9.17) is 0 Å². The third-order valence-electron chi connectivity index (χ3n) is 1.15. The van der Waals surface area contributed by atoms with Crippen molar-refractivity contribution in [3.63, 3.8) is 0 Å². The molecule has 0 aliphatic heterocycles. The van der Waals surface area contributed by atoms with E-state index in [0.717, 1.165) is 16.1 Å². The molecule has 0 spiro atoms. The van der Waals surface area contributed by atoms with Gasteiger partial charge in [0.15, 0.2) is 0 Å². The Morgan fingerprint density at radius 3 is 2.75 bits per heavy atom. The Hall–Kier alpha value is -0.460. The Labute approximate surface area is 75.7 Å². The van der Waals surface area contributed by atoms with Gasteiger partial charge in [-0.1, -0.05) is 0 Å². The average molecular weight is 206 g/mol. The van der Waals surface area contributed by atoms with E-state index in [1.807, 2.05) is 6.92 Å². The van der Waals surface area contributed by atoms with Gasteiger partial charge >= 0.3 is 0 Å². The van der Waals surface area contributed by atoms with Gasteiger partial charge in [0, 0.05) is 11.1 Å². The van der Waals surface area contributed by atoms with E-state index >= 15 is 0 Å². The molecule has 0 aliphatic carbocycles. The Bertz CT molecular complexity index is 355. The van der Waals surface area contributed by atoms with E-state index in [2.05, 4.69) is 9.71 Å². The second-order valence-electron chi connectivity index (χ2n) is 2.46. The van der Waals surface area contributed by atoms with Crippen molar-refractivity contribution < 1.29 is 8.42 Å². The lowest BCUT2D eigenvalue weighted by atomic mass is 10.6. The van der Waals surface area contributed by atoms with Crippen LogP contribution in [-0.4, -0.2) is 19.7 Å². The molecule has 1 aromatic heterocycles. The van der Waals surface area contributed by atoms with Crippen molar-refractivity contribution in [2.75, 3.05) is 6.26 Å². The smallest absolute Gasteiger partial charge is 0.209 e. The first-order valence-corrected chi connectivity index (χ1v) is 6.04. The second-order valence-corrected chi connectivity index (χ2v) is 5.61. The van der Waals surface area contributed by atoms with Crippen molar-refractivity contribution in [1.29, 1.82) is 0 Å². The lowest BCUT2D eigenvalue weighted by Crippen LogP contribution is -2.20. The largest absolute Gasteiger partial charge is 0.248 e. The standard InChI is InChI=1S/C6H10N2O2S2/c1-5-3-7-6(11-5)4-8-12(2,9)10/h3,8H,4H2,1-2H3. The van der Waals surface area contributed by atoms with Crippen LogP contribution in [0.4, 0.5) is 0 Å². The number of sulfonamides is 1. The number of thiazole rings is 1. The minimum atomic E-state index is -3.10. The van der Waals surface area contributed by atoms with Crippen LogP contribution in [0.15, 0.2) is 6.20 Å². The van der Waals surface area contributed by atoms with Gasteiger partial charge in [0.25, 0.3) is 0 Å². The molecule has 1 aromatic rings. The van der Waals surface area contributed by atoms with E-state index < -0.39 is 10.0 Å². The molecule has 0 atom stereocenters. The molecular weight excluding hydrogens is 196 g/mol. The first-order chi connectivity index (χ1) is 5.47. The molecule has 0 radical (unpaired) electrons. The number of nitrogens with zero attached hydrogens (tertiary/aromatic N) is 1. The molecule has 0 bridgehead atoms. The molecule has 0 fully saturated rings. The minimum absolute atomic E-state index is 0.289. The van der Waals surface area contributed by atoms with Crippen LogP contribution in [-0.2, 0) is 16.6 Å². The molecule has 12 heavy (non-hydrogen) atoms. The molecule has 1 rings (SSSR count). The van der Waals surface area contributed by atoms with Crippen LogP contribution in [0.25, 0.3) is 0 Å². The maximum Gasteiger partial charge on any atom is 0.209 e. The third kappa shape index (κ3) is 3.29. The van der Waals surface area contributed by atoms with Gasteiger partial charge in [-0.2, -0.15) is 0 Å². The first-order valence-electron chi connectivity index (χ1n) is 3.33. The van der Waals surface area contributed by atoms with Crippen LogP contribution in [0, 0.1) is 6.92 Å². The van der Waals surface area contributed by atoms with Crippen LogP contribution in [0.3, 0.4) is 0 Å². The highest BCUT2D eigenvalue weighted by Crippen LogP contribution is 2.10. The summed E-state index contributed by atoms with van der Waals surface area (Å²) in [4.78, 5) is 5.09. The summed E-state index contributed by atoms with van der Waals surface area (Å²) in [7, 11) is -3.10. The van der Waals surface area contributed by atoms with Gasteiger partial charge in [-0.3, -0.25) is 0 Å². The zero-order chi connectivity index (χ0) is 9.19. The van der Waals surface area contributed by atoms with Crippen LogP contribution in [0.2, 0.25) is 0 Å². The second kappa shape index (κ2) is 3.51. The van der Waals surface area contributed by atoms with E-state index in [9.17, 15) is 8.42 Å². The van der Waals surface area contributed by atoms with Crippen LogP contribution >= 0.6 is 11.3 Å². The minimum Gasteiger partial charge on any atom is -0.248 e. The molecular formula is C6H10N2O2S2. The molecule has 0 aromatic carbocycles. The van der Waals surface area contributed by atoms with Gasteiger partial charge in [-0.05, 0) is 6.92 Å². The Balaban J connectivity index is 2.55. The van der Waals surface area contributed by atoms with Crippen molar-refractivity contribution in [3.8, 4) is 0 Å². The number of hydrogen-bond acceptors (Lipinski definition) is 4. The summed E-state index contributed by atoms with van der Waals surface area (Å²) in [6.45, 7) is 2.22. The highest BCUT2D eigenvalue weighted by molar-refractivity contribution is 7.88. The van der Waals surface area contributed by atoms with E-state index in [-0.39, 0.29) is 6.54 Å². The van der Waals surface area contributed by atoms with Gasteiger partial charge in [0.1, 0.15) is 5.01 Å². The third-order valence-corrected chi connectivity index (χ3v) is 2.74. The molecule has 6 heteroatoms. The molecule has 0 aliphatic rings. The number of aromatic nitrogens is 1. The first kappa shape index (κ1) is 9.63. The maximum atomic E-state index is 10.7. The van der Waals surface area contributed by atoms with Crippen molar-refractivity contribution in [2.45, 2.75) is 13.5 Å². The Kier molecular flexibility index (Phi) is 2.81. The predicted octanol–water partition coefficient (Wildman–Crippen LogP) is 0.501. The van der Waals surface area contributed by atoms with E-state index in [1.165, 1.54) is 11.3 Å². The summed E-state index contributed by atoms with van der Waals surface area (Å²) in [6, 6.07) is 0. The number of rotatable bonds is 3. The van der Waals surface area contributed by atoms with Gasteiger partial charge in [0.2, 0.25) is 10.0 Å². The van der Waals surface area contributed by atoms with Gasteiger partial charge in [0.05, 0.1) is 12.8 Å². The van der Waals surface area contributed by atoms with Gasteiger partial charge < -0.3 is 0 Å². The zero-order valence-electron chi connectivity index (χ0n) is 6.86. The lowest BCUT2D eigenvalue weighted by Gasteiger charge is -1.96. The maximum absolute atomic E-state index is 10.7. The van der Waals surface area contributed by atoms with Crippen LogP contribution in [0.1, 0.15) is 9.88 Å². The number of nitrogens with one attached hydrogen (secondary N) is 1. The number of hydrogen-bond donors (Lipinski definition) is 1. The summed E-state index contributed by atoms with van der Waals surface area (Å²) >= 11 is 1.49. The predicted molar refractivity (Wildman–Crippen MR) is 48.5 cm³/mol. The van der Waals surface area contributed by atoms with Gasteiger partial charge in [-0.15, -0.1) is 11.3 Å². The molecule has 4 nitrogen and oxygen atoms in total. The summed E-state index contributed by atoms with van der Waals surface area (Å²) < 4.78 is 23.7. The highest BCUT2D eigenvalue weighted by Gasteiger charge is 2.02. The fourth-order valence-corrected chi connectivity index (χ4v) is 1.89. The number of aryl methyl sites for hydroxylation is 1. The van der Waals surface area contributed by atoms with E-state index in [0.29, 0.717) is 0 Å². The van der Waals surface area contributed by atoms with Crippen LogP contribution in [0.5, 0.6) is 0 Å². The summed E-state index contributed by atoms with van der Waals surface area (Å²) in [5, 5.41) is 0.790. The fourth-order valence-electron chi connectivity index (χ4n) is 0.676. The molecule has 0 saturated heterocycles.